The number of amides is 2. The molecule has 104 valence electrons. The van der Waals surface area contributed by atoms with Crippen molar-refractivity contribution in [1.29, 1.82) is 0 Å². The van der Waals surface area contributed by atoms with Gasteiger partial charge in [0.25, 0.3) is 0 Å². The second-order valence-corrected chi connectivity index (χ2v) is 4.77. The molecule has 2 amide bonds. The molecule has 3 N–H and O–H groups in total. The van der Waals surface area contributed by atoms with Crippen molar-refractivity contribution < 1.29 is 14.7 Å². The zero-order chi connectivity index (χ0) is 14.3. The smallest absolute Gasteiger partial charge is 0.404 e. The molecular weight excluding hydrogens is 244 g/mol. The third-order valence-electron chi connectivity index (χ3n) is 2.84. The summed E-state index contributed by atoms with van der Waals surface area (Å²) in [4.78, 5) is 22.4. The fraction of sp³-hybridized carbons (Fsp3) is 0.429. The van der Waals surface area contributed by atoms with Gasteiger partial charge in [0, 0.05) is 6.54 Å². The molecule has 0 aromatic heterocycles. The van der Waals surface area contributed by atoms with Gasteiger partial charge < -0.3 is 15.7 Å². The molecule has 0 aliphatic rings. The van der Waals surface area contributed by atoms with Crippen molar-refractivity contribution in [3.63, 3.8) is 0 Å². The second-order valence-electron chi connectivity index (χ2n) is 4.77. The Bertz CT molecular complexity index is 418. The minimum Gasteiger partial charge on any atom is -0.465 e. The van der Waals surface area contributed by atoms with E-state index in [-0.39, 0.29) is 17.9 Å². The molecule has 1 rings (SSSR count). The summed E-state index contributed by atoms with van der Waals surface area (Å²) in [6, 6.07) is 9.14. The van der Waals surface area contributed by atoms with Crippen molar-refractivity contribution in [2.75, 3.05) is 6.54 Å². The Kier molecular flexibility index (Phi) is 5.85. The molecule has 1 atom stereocenters. The van der Waals surface area contributed by atoms with Gasteiger partial charge in [0.15, 0.2) is 0 Å². The van der Waals surface area contributed by atoms with Crippen molar-refractivity contribution in [1.82, 2.24) is 10.6 Å². The lowest BCUT2D eigenvalue weighted by molar-refractivity contribution is -0.120. The van der Waals surface area contributed by atoms with Crippen molar-refractivity contribution >= 4 is 12.0 Å². The van der Waals surface area contributed by atoms with Gasteiger partial charge >= 0.3 is 6.09 Å². The normalized spacial score (nSPS) is 11.9. The summed E-state index contributed by atoms with van der Waals surface area (Å²) in [6.45, 7) is 4.11. The number of carbonyl (C=O) groups excluding carboxylic acids is 1. The molecule has 5 heteroatoms. The first-order valence-electron chi connectivity index (χ1n) is 6.29. The quantitative estimate of drug-likeness (QED) is 0.731. The zero-order valence-corrected chi connectivity index (χ0v) is 11.2. The molecule has 1 aromatic carbocycles. The number of rotatable bonds is 6. The van der Waals surface area contributed by atoms with Crippen molar-refractivity contribution in [2.24, 2.45) is 5.92 Å². The Labute approximate surface area is 113 Å². The summed E-state index contributed by atoms with van der Waals surface area (Å²) in [7, 11) is 0. The zero-order valence-electron chi connectivity index (χ0n) is 11.2. The lowest BCUT2D eigenvalue weighted by atomic mass is 10.0. The summed E-state index contributed by atoms with van der Waals surface area (Å²) in [5, 5.41) is 13.9. The molecule has 0 aliphatic carbocycles. The van der Waals surface area contributed by atoms with Crippen LogP contribution >= 0.6 is 0 Å². The van der Waals surface area contributed by atoms with Crippen LogP contribution in [0, 0.1) is 5.92 Å². The van der Waals surface area contributed by atoms with Gasteiger partial charge in [-0.25, -0.2) is 4.79 Å². The molecule has 0 heterocycles. The van der Waals surface area contributed by atoms with Crippen LogP contribution in [0.1, 0.15) is 19.4 Å². The topological polar surface area (TPSA) is 78.4 Å². The van der Waals surface area contributed by atoms with E-state index in [1.807, 2.05) is 44.2 Å². The summed E-state index contributed by atoms with van der Waals surface area (Å²) in [5.74, 6) is 0.0113. The van der Waals surface area contributed by atoms with Gasteiger partial charge in [0.2, 0.25) is 5.91 Å². The molecule has 5 nitrogen and oxygen atoms in total. The number of carbonyl (C=O) groups is 2. The average molecular weight is 264 g/mol. The Morgan fingerprint density at radius 1 is 1.21 bits per heavy atom. The molecule has 19 heavy (non-hydrogen) atoms. The van der Waals surface area contributed by atoms with Gasteiger partial charge in [-0.3, -0.25) is 4.79 Å². The van der Waals surface area contributed by atoms with Crippen LogP contribution in [0.15, 0.2) is 30.3 Å². The van der Waals surface area contributed by atoms with E-state index >= 15 is 0 Å². The largest absolute Gasteiger partial charge is 0.465 e. The predicted octanol–water partition coefficient (Wildman–Crippen LogP) is 1.64. The maximum atomic E-state index is 11.7. The summed E-state index contributed by atoms with van der Waals surface area (Å²) in [5.41, 5.74) is 0.937. The van der Waals surface area contributed by atoms with Gasteiger partial charge in [-0.05, 0) is 11.5 Å². The van der Waals surface area contributed by atoms with Crippen molar-refractivity contribution in [3.05, 3.63) is 35.9 Å². The molecule has 0 saturated carbocycles. The number of carboxylic acid groups (broad SMARTS) is 1. The molecule has 1 aromatic rings. The van der Waals surface area contributed by atoms with Gasteiger partial charge in [-0.15, -0.1) is 0 Å². The molecule has 0 fully saturated rings. The van der Waals surface area contributed by atoms with Gasteiger partial charge in [0.1, 0.15) is 0 Å². The first kappa shape index (κ1) is 15.0. The molecule has 0 bridgehead atoms. The highest BCUT2D eigenvalue weighted by Crippen LogP contribution is 2.02. The minimum absolute atomic E-state index is 0.107. The van der Waals surface area contributed by atoms with E-state index in [0.717, 1.165) is 5.56 Å². The molecule has 0 spiro atoms. The van der Waals surface area contributed by atoms with E-state index in [0.29, 0.717) is 13.0 Å². The minimum atomic E-state index is -1.07. The van der Waals surface area contributed by atoms with E-state index in [4.69, 9.17) is 5.11 Å². The molecule has 0 radical (unpaired) electrons. The van der Waals surface area contributed by atoms with E-state index < -0.39 is 6.09 Å². The maximum Gasteiger partial charge on any atom is 0.404 e. The number of benzene rings is 1. The number of hydrogen-bond donors (Lipinski definition) is 3. The molecular formula is C14H20N2O3. The number of nitrogens with one attached hydrogen (secondary N) is 2. The van der Waals surface area contributed by atoms with Gasteiger partial charge in [-0.1, -0.05) is 44.2 Å². The standard InChI is InChI=1S/C14H20N2O3/c1-10(2)12(16-14(18)19)9-15-13(17)8-11-6-4-3-5-7-11/h3-7,10,12,16H,8-9H2,1-2H3,(H,15,17)(H,18,19)/t12-/m0/s1. The highest BCUT2D eigenvalue weighted by atomic mass is 16.4. The number of hydrogen-bond acceptors (Lipinski definition) is 2. The van der Waals surface area contributed by atoms with Crippen LogP contribution in [0.2, 0.25) is 0 Å². The summed E-state index contributed by atoms with van der Waals surface area (Å²) >= 11 is 0. The van der Waals surface area contributed by atoms with Gasteiger partial charge in [-0.2, -0.15) is 0 Å². The van der Waals surface area contributed by atoms with E-state index in [9.17, 15) is 9.59 Å². The van der Waals surface area contributed by atoms with Crippen LogP contribution in [0.5, 0.6) is 0 Å². The Morgan fingerprint density at radius 2 is 1.84 bits per heavy atom. The van der Waals surface area contributed by atoms with Crippen LogP contribution in [0.25, 0.3) is 0 Å². The molecule has 0 saturated heterocycles. The lowest BCUT2D eigenvalue weighted by Gasteiger charge is -2.21. The SMILES string of the molecule is CC(C)[C@H](CNC(=O)Cc1ccccc1)NC(=O)O. The van der Waals surface area contributed by atoms with Crippen molar-refractivity contribution in [2.45, 2.75) is 26.3 Å². The van der Waals surface area contributed by atoms with E-state index in [1.165, 1.54) is 0 Å². The van der Waals surface area contributed by atoms with Crippen LogP contribution in [0.4, 0.5) is 4.79 Å². The highest BCUT2D eigenvalue weighted by molar-refractivity contribution is 5.78. The first-order chi connectivity index (χ1) is 8.99. The second kappa shape index (κ2) is 7.41. The van der Waals surface area contributed by atoms with E-state index in [2.05, 4.69) is 10.6 Å². The average Bonchev–Trinajstić information content (AvgIpc) is 2.35. The van der Waals surface area contributed by atoms with Crippen LogP contribution < -0.4 is 10.6 Å². The third kappa shape index (κ3) is 5.90. The van der Waals surface area contributed by atoms with Crippen LogP contribution in [0.3, 0.4) is 0 Å². The monoisotopic (exact) mass is 264 g/mol. The summed E-state index contributed by atoms with van der Waals surface area (Å²) < 4.78 is 0. The van der Waals surface area contributed by atoms with Gasteiger partial charge in [0.05, 0.1) is 12.5 Å². The van der Waals surface area contributed by atoms with Crippen molar-refractivity contribution in [3.8, 4) is 0 Å². The van der Waals surface area contributed by atoms with Crippen LogP contribution in [-0.2, 0) is 11.2 Å². The first-order valence-corrected chi connectivity index (χ1v) is 6.29. The fourth-order valence-corrected chi connectivity index (χ4v) is 1.68. The Morgan fingerprint density at radius 3 is 2.37 bits per heavy atom. The molecule has 0 aliphatic heterocycles. The highest BCUT2D eigenvalue weighted by Gasteiger charge is 2.16. The molecule has 0 unspecified atom stereocenters. The predicted molar refractivity (Wildman–Crippen MR) is 72.9 cm³/mol. The maximum absolute atomic E-state index is 11.7. The summed E-state index contributed by atoms with van der Waals surface area (Å²) in [6.07, 6.45) is -0.769. The van der Waals surface area contributed by atoms with Crippen LogP contribution in [-0.4, -0.2) is 29.7 Å². The fourth-order valence-electron chi connectivity index (χ4n) is 1.68. The Hall–Kier alpha value is -2.04. The lowest BCUT2D eigenvalue weighted by Crippen LogP contribution is -2.46. The van der Waals surface area contributed by atoms with E-state index in [1.54, 1.807) is 0 Å². The third-order valence-corrected chi connectivity index (χ3v) is 2.84. The Balaban J connectivity index is 2.41.